The molecule has 1 aromatic carbocycles. The first kappa shape index (κ1) is 24.8. The Labute approximate surface area is 196 Å². The van der Waals surface area contributed by atoms with Gasteiger partial charge < -0.3 is 14.0 Å². The van der Waals surface area contributed by atoms with Crippen molar-refractivity contribution in [2.45, 2.75) is 64.7 Å². The number of aromatic nitrogens is 1. The lowest BCUT2D eigenvalue weighted by Crippen LogP contribution is -2.41. The molecule has 6 nitrogen and oxygen atoms in total. The summed E-state index contributed by atoms with van der Waals surface area (Å²) in [7, 11) is 3.62. The largest absolute Gasteiger partial charge is 0.573 e. The van der Waals surface area contributed by atoms with Crippen molar-refractivity contribution in [3.8, 4) is 5.75 Å². The molecule has 2 heterocycles. The fraction of sp³-hybridized carbons (Fsp3) is 0.560. The fourth-order valence-electron chi connectivity index (χ4n) is 4.29. The third-order valence-electron chi connectivity index (χ3n) is 5.96. The second-order valence-electron chi connectivity index (χ2n) is 8.75. The minimum Gasteiger partial charge on any atom is -0.573 e. The van der Waals surface area contributed by atoms with Gasteiger partial charge in [0, 0.05) is 25.9 Å². The van der Waals surface area contributed by atoms with Crippen molar-refractivity contribution in [2.24, 2.45) is 5.92 Å². The van der Waals surface area contributed by atoms with E-state index in [0.29, 0.717) is 5.92 Å². The monoisotopic (exact) mass is 459 g/mol. The van der Waals surface area contributed by atoms with Gasteiger partial charge in [0.2, 0.25) is 0 Å². The second kappa shape index (κ2) is 11.9. The van der Waals surface area contributed by atoms with Gasteiger partial charge in [0.15, 0.2) is 11.5 Å². The predicted octanol–water partition coefficient (Wildman–Crippen LogP) is 5.15. The quantitative estimate of drug-likeness (QED) is 0.433. The van der Waals surface area contributed by atoms with Gasteiger partial charge in [-0.05, 0) is 55.9 Å². The highest BCUT2D eigenvalue weighted by Crippen LogP contribution is 2.35. The average molecular weight is 460 g/mol. The lowest BCUT2D eigenvalue weighted by molar-refractivity contribution is -0.00899. The highest BCUT2D eigenvalue weighted by molar-refractivity contribution is 7.90. The van der Waals surface area contributed by atoms with Crippen molar-refractivity contribution >= 4 is 17.2 Å². The Morgan fingerprint density at radius 3 is 2.69 bits per heavy atom. The molecule has 176 valence electrons. The zero-order valence-corrected chi connectivity index (χ0v) is 20.8. The van der Waals surface area contributed by atoms with Gasteiger partial charge in [-0.1, -0.05) is 37.2 Å². The first-order valence-electron chi connectivity index (χ1n) is 11.6. The molecule has 2 aromatic rings. The van der Waals surface area contributed by atoms with Crippen LogP contribution >= 0.6 is 0 Å². The van der Waals surface area contributed by atoms with Crippen molar-refractivity contribution in [1.29, 1.82) is 0 Å². The summed E-state index contributed by atoms with van der Waals surface area (Å²) in [5, 5.41) is 0. The zero-order valence-electron chi connectivity index (χ0n) is 19.9. The summed E-state index contributed by atoms with van der Waals surface area (Å²) in [4.78, 5) is 4.50. The molecule has 4 unspecified atom stereocenters. The summed E-state index contributed by atoms with van der Waals surface area (Å²) in [5.41, 5.74) is 1.84. The minimum absolute atomic E-state index is 0.0248. The Morgan fingerprint density at radius 2 is 2.03 bits per heavy atom. The SMILES string of the molecule is CCC(OC)C(CC(C)C)Oc1cccc(N(C)[S+]([O-])N2CCCC2c2ccccn2)c1. The van der Waals surface area contributed by atoms with E-state index in [9.17, 15) is 4.55 Å². The minimum atomic E-state index is -1.32. The number of rotatable bonds is 11. The molecule has 0 spiro atoms. The van der Waals surface area contributed by atoms with Crippen LogP contribution in [-0.4, -0.2) is 46.8 Å². The van der Waals surface area contributed by atoms with E-state index in [0.717, 1.165) is 49.4 Å². The van der Waals surface area contributed by atoms with Gasteiger partial charge in [-0.15, -0.1) is 0 Å². The fourth-order valence-corrected chi connectivity index (χ4v) is 5.62. The van der Waals surface area contributed by atoms with Crippen LogP contribution in [-0.2, 0) is 16.3 Å². The van der Waals surface area contributed by atoms with E-state index >= 15 is 0 Å². The molecule has 1 aliphatic rings. The Kier molecular flexibility index (Phi) is 9.22. The molecule has 1 saturated heterocycles. The molecule has 1 aromatic heterocycles. The maximum Gasteiger partial charge on any atom is 0.169 e. The Balaban J connectivity index is 1.74. The van der Waals surface area contributed by atoms with Crippen LogP contribution in [0.2, 0.25) is 0 Å². The molecule has 32 heavy (non-hydrogen) atoms. The van der Waals surface area contributed by atoms with Gasteiger partial charge in [0.1, 0.15) is 11.9 Å². The van der Waals surface area contributed by atoms with E-state index in [2.05, 4.69) is 25.8 Å². The second-order valence-corrected chi connectivity index (χ2v) is 10.2. The summed E-state index contributed by atoms with van der Waals surface area (Å²) < 4.78 is 29.4. The number of methoxy groups -OCH3 is 1. The molecule has 0 amide bonds. The first-order chi connectivity index (χ1) is 15.4. The van der Waals surface area contributed by atoms with Crippen LogP contribution in [0, 0.1) is 5.92 Å². The molecule has 7 heteroatoms. The van der Waals surface area contributed by atoms with Crippen LogP contribution in [0.3, 0.4) is 0 Å². The molecule has 1 fully saturated rings. The van der Waals surface area contributed by atoms with E-state index in [4.69, 9.17) is 9.47 Å². The number of anilines is 1. The smallest absolute Gasteiger partial charge is 0.169 e. The van der Waals surface area contributed by atoms with Gasteiger partial charge in [-0.25, -0.2) is 0 Å². The van der Waals surface area contributed by atoms with E-state index < -0.39 is 11.5 Å². The Bertz CT molecular complexity index is 819. The van der Waals surface area contributed by atoms with Gasteiger partial charge in [-0.3, -0.25) is 4.98 Å². The number of pyridine rings is 1. The highest BCUT2D eigenvalue weighted by Gasteiger charge is 2.38. The average Bonchev–Trinajstić information content (AvgIpc) is 3.29. The summed E-state index contributed by atoms with van der Waals surface area (Å²) in [6.07, 6.45) is 5.60. The lowest BCUT2D eigenvalue weighted by Gasteiger charge is -2.31. The third kappa shape index (κ3) is 6.16. The zero-order chi connectivity index (χ0) is 23.1. The van der Waals surface area contributed by atoms with Crippen LogP contribution in [0.4, 0.5) is 5.69 Å². The van der Waals surface area contributed by atoms with Crippen molar-refractivity contribution in [3.63, 3.8) is 0 Å². The number of benzene rings is 1. The summed E-state index contributed by atoms with van der Waals surface area (Å²) in [5.74, 6) is 1.27. The van der Waals surface area contributed by atoms with Crippen molar-refractivity contribution in [2.75, 3.05) is 25.0 Å². The maximum atomic E-state index is 13.5. The molecular weight excluding hydrogens is 422 g/mol. The number of ether oxygens (including phenoxy) is 2. The Hall–Kier alpha value is -1.80. The summed E-state index contributed by atoms with van der Waals surface area (Å²) in [6.45, 7) is 7.30. The van der Waals surface area contributed by atoms with Gasteiger partial charge in [0.05, 0.1) is 30.6 Å². The molecule has 0 bridgehead atoms. The van der Waals surface area contributed by atoms with Crippen molar-refractivity contribution in [1.82, 2.24) is 9.29 Å². The number of nitrogens with zero attached hydrogens (tertiary/aromatic N) is 3. The molecule has 4 atom stereocenters. The van der Waals surface area contributed by atoms with Crippen LogP contribution in [0.1, 0.15) is 58.2 Å². The normalized spacial score (nSPS) is 19.7. The Morgan fingerprint density at radius 1 is 1.22 bits per heavy atom. The molecule has 0 radical (unpaired) electrons. The molecule has 0 N–H and O–H groups in total. The molecule has 3 rings (SSSR count). The number of hydrogen-bond donors (Lipinski definition) is 0. The van der Waals surface area contributed by atoms with E-state index in [1.165, 1.54) is 0 Å². The third-order valence-corrected chi connectivity index (χ3v) is 7.48. The molecule has 0 saturated carbocycles. The topological polar surface area (TPSA) is 60.9 Å². The molecule has 0 aliphatic carbocycles. The van der Waals surface area contributed by atoms with Gasteiger partial charge >= 0.3 is 0 Å². The lowest BCUT2D eigenvalue weighted by atomic mass is 10.00. The van der Waals surface area contributed by atoms with Crippen molar-refractivity contribution in [3.05, 3.63) is 54.4 Å². The molecular formula is C25H37N3O3S. The van der Waals surface area contributed by atoms with Crippen LogP contribution in [0.15, 0.2) is 48.7 Å². The van der Waals surface area contributed by atoms with Crippen LogP contribution in [0.25, 0.3) is 0 Å². The predicted molar refractivity (Wildman–Crippen MR) is 131 cm³/mol. The van der Waals surface area contributed by atoms with Gasteiger partial charge in [0.25, 0.3) is 0 Å². The van der Waals surface area contributed by atoms with E-state index in [-0.39, 0.29) is 18.2 Å². The van der Waals surface area contributed by atoms with Crippen LogP contribution < -0.4 is 9.04 Å². The first-order valence-corrected chi connectivity index (χ1v) is 12.6. The maximum absolute atomic E-state index is 13.5. The summed E-state index contributed by atoms with van der Waals surface area (Å²) in [6, 6.07) is 13.9. The standard InChI is InChI=1S/C25H37N3O3S/c1-6-24(30-5)25(17-19(2)3)31-21-12-9-11-20(18-21)27(4)32(29)28-16-10-14-23(28)22-13-7-8-15-26-22/h7-9,11-13,15,18-19,23-25H,6,10,14,16-17H2,1-5H3. The van der Waals surface area contributed by atoms with Gasteiger partial charge in [-0.2, -0.15) is 4.31 Å². The van der Waals surface area contributed by atoms with Crippen LogP contribution in [0.5, 0.6) is 5.75 Å². The highest BCUT2D eigenvalue weighted by atomic mass is 32.2. The van der Waals surface area contributed by atoms with Crippen molar-refractivity contribution < 1.29 is 14.0 Å². The summed E-state index contributed by atoms with van der Waals surface area (Å²) >= 11 is -1.32. The number of hydrogen-bond acceptors (Lipinski definition) is 6. The van der Waals surface area contributed by atoms with E-state index in [1.807, 2.05) is 58.1 Å². The molecule has 1 aliphatic heterocycles. The van der Waals surface area contributed by atoms with E-state index in [1.54, 1.807) is 13.3 Å².